The number of esters is 2. The van der Waals surface area contributed by atoms with E-state index in [-0.39, 0.29) is 24.4 Å². The third-order valence-electron chi connectivity index (χ3n) is 3.72. The molecule has 1 fully saturated rings. The Bertz CT molecular complexity index is 385. The molecule has 0 amide bonds. The first-order valence-corrected chi connectivity index (χ1v) is 8.33. The van der Waals surface area contributed by atoms with Crippen LogP contribution < -0.4 is 0 Å². The maximum atomic E-state index is 11.1. The normalized spacial score (nSPS) is 22.9. The molecule has 2 atom stereocenters. The molecule has 0 spiro atoms. The molecular formula is C18H28O6. The van der Waals surface area contributed by atoms with Gasteiger partial charge in [-0.3, -0.25) is 0 Å². The summed E-state index contributed by atoms with van der Waals surface area (Å²) in [5.74, 6) is -0.871. The highest BCUT2D eigenvalue weighted by Crippen LogP contribution is 2.24. The third-order valence-corrected chi connectivity index (χ3v) is 3.72. The predicted octanol–water partition coefficient (Wildman–Crippen LogP) is 2.57. The number of rotatable bonds is 10. The van der Waals surface area contributed by atoms with E-state index in [0.717, 1.165) is 37.8 Å². The Kier molecular flexibility index (Phi) is 9.34. The minimum atomic E-state index is -0.436. The SMILES string of the molecule is C=CC(=O)OC(C)COC1CCC(OCC(C)OC(=O)C=C)CC1. The van der Waals surface area contributed by atoms with E-state index in [1.54, 1.807) is 13.8 Å². The summed E-state index contributed by atoms with van der Waals surface area (Å²) in [5.41, 5.74) is 0. The van der Waals surface area contributed by atoms with Gasteiger partial charge >= 0.3 is 11.9 Å². The summed E-state index contributed by atoms with van der Waals surface area (Å²) < 4.78 is 21.7. The molecule has 0 aliphatic heterocycles. The molecule has 0 heterocycles. The van der Waals surface area contributed by atoms with Crippen molar-refractivity contribution in [3.63, 3.8) is 0 Å². The van der Waals surface area contributed by atoms with Gasteiger partial charge in [0.1, 0.15) is 12.2 Å². The summed E-state index contributed by atoms with van der Waals surface area (Å²) in [4.78, 5) is 22.2. The molecule has 1 aliphatic rings. The van der Waals surface area contributed by atoms with E-state index in [4.69, 9.17) is 18.9 Å². The van der Waals surface area contributed by atoms with Gasteiger partial charge in [-0.2, -0.15) is 0 Å². The molecule has 0 aromatic carbocycles. The lowest BCUT2D eigenvalue weighted by Crippen LogP contribution is -2.31. The zero-order valence-electron chi connectivity index (χ0n) is 14.6. The fourth-order valence-corrected chi connectivity index (χ4v) is 2.47. The van der Waals surface area contributed by atoms with Crippen LogP contribution in [0.4, 0.5) is 0 Å². The van der Waals surface area contributed by atoms with Crippen molar-refractivity contribution in [3.05, 3.63) is 25.3 Å². The lowest BCUT2D eigenvalue weighted by atomic mass is 9.95. The quantitative estimate of drug-likeness (QED) is 0.450. The minimum Gasteiger partial charge on any atom is -0.457 e. The van der Waals surface area contributed by atoms with Crippen molar-refractivity contribution in [1.82, 2.24) is 0 Å². The zero-order valence-corrected chi connectivity index (χ0v) is 14.6. The van der Waals surface area contributed by atoms with E-state index in [0.29, 0.717) is 13.2 Å². The molecule has 0 bridgehead atoms. The summed E-state index contributed by atoms with van der Waals surface area (Å²) in [5, 5.41) is 0. The molecular weight excluding hydrogens is 312 g/mol. The fraction of sp³-hybridized carbons (Fsp3) is 0.667. The van der Waals surface area contributed by atoms with Crippen molar-refractivity contribution < 1.29 is 28.5 Å². The van der Waals surface area contributed by atoms with Gasteiger partial charge in [0, 0.05) is 12.2 Å². The monoisotopic (exact) mass is 340 g/mol. The van der Waals surface area contributed by atoms with Gasteiger partial charge in [0.25, 0.3) is 0 Å². The van der Waals surface area contributed by atoms with Gasteiger partial charge < -0.3 is 18.9 Å². The Labute approximate surface area is 143 Å². The Hall–Kier alpha value is -1.66. The lowest BCUT2D eigenvalue weighted by Gasteiger charge is -2.29. The molecule has 24 heavy (non-hydrogen) atoms. The van der Waals surface area contributed by atoms with Crippen LogP contribution in [0.2, 0.25) is 0 Å². The van der Waals surface area contributed by atoms with Crippen molar-refractivity contribution >= 4 is 11.9 Å². The standard InChI is InChI=1S/C18H28O6/c1-5-17(19)23-13(3)11-21-15-7-9-16(10-8-15)22-12-14(4)24-18(20)6-2/h5-6,13-16H,1-2,7-12H2,3-4H3. The largest absolute Gasteiger partial charge is 0.457 e. The molecule has 6 heteroatoms. The van der Waals surface area contributed by atoms with Gasteiger partial charge in [-0.15, -0.1) is 0 Å². The highest BCUT2D eigenvalue weighted by molar-refractivity contribution is 5.81. The molecule has 1 aliphatic carbocycles. The molecule has 136 valence electrons. The Morgan fingerprint density at radius 3 is 1.50 bits per heavy atom. The van der Waals surface area contributed by atoms with Crippen LogP contribution in [-0.4, -0.2) is 49.6 Å². The second-order valence-corrected chi connectivity index (χ2v) is 5.97. The molecule has 1 saturated carbocycles. The molecule has 0 aromatic heterocycles. The summed E-state index contributed by atoms with van der Waals surface area (Å²) in [6.07, 6.45) is 5.62. The van der Waals surface area contributed by atoms with Gasteiger partial charge in [-0.05, 0) is 39.5 Å². The van der Waals surface area contributed by atoms with E-state index < -0.39 is 11.9 Å². The Morgan fingerprint density at radius 1 is 0.875 bits per heavy atom. The van der Waals surface area contributed by atoms with Crippen molar-refractivity contribution in [2.75, 3.05) is 13.2 Å². The van der Waals surface area contributed by atoms with Gasteiger partial charge in [0.05, 0.1) is 25.4 Å². The Balaban J connectivity index is 2.15. The maximum absolute atomic E-state index is 11.1. The molecule has 0 saturated heterocycles. The number of hydrogen-bond acceptors (Lipinski definition) is 6. The van der Waals surface area contributed by atoms with Crippen molar-refractivity contribution in [2.45, 2.75) is 63.9 Å². The van der Waals surface area contributed by atoms with E-state index >= 15 is 0 Å². The highest BCUT2D eigenvalue weighted by Gasteiger charge is 2.23. The molecule has 1 rings (SSSR count). The Morgan fingerprint density at radius 2 is 1.21 bits per heavy atom. The number of carbonyl (C=O) groups is 2. The van der Waals surface area contributed by atoms with Gasteiger partial charge in [-0.25, -0.2) is 9.59 Å². The molecule has 0 aromatic rings. The topological polar surface area (TPSA) is 71.1 Å². The number of carbonyl (C=O) groups excluding carboxylic acids is 2. The maximum Gasteiger partial charge on any atom is 0.330 e. The third kappa shape index (κ3) is 8.26. The van der Waals surface area contributed by atoms with Crippen molar-refractivity contribution in [3.8, 4) is 0 Å². The van der Waals surface area contributed by atoms with Crippen LogP contribution in [0.25, 0.3) is 0 Å². The summed E-state index contributed by atoms with van der Waals surface area (Å²) in [6, 6.07) is 0. The van der Waals surface area contributed by atoms with Crippen LogP contribution in [0.15, 0.2) is 25.3 Å². The average molecular weight is 340 g/mol. The van der Waals surface area contributed by atoms with Crippen LogP contribution in [0.3, 0.4) is 0 Å². The van der Waals surface area contributed by atoms with Crippen LogP contribution in [0.5, 0.6) is 0 Å². The first kappa shape index (κ1) is 20.4. The molecule has 2 unspecified atom stereocenters. The molecule has 0 radical (unpaired) electrons. The first-order valence-electron chi connectivity index (χ1n) is 8.33. The smallest absolute Gasteiger partial charge is 0.330 e. The lowest BCUT2D eigenvalue weighted by molar-refractivity contribution is -0.149. The van der Waals surface area contributed by atoms with Crippen LogP contribution in [0, 0.1) is 0 Å². The van der Waals surface area contributed by atoms with E-state index in [9.17, 15) is 9.59 Å². The fourth-order valence-electron chi connectivity index (χ4n) is 2.47. The van der Waals surface area contributed by atoms with Crippen molar-refractivity contribution in [2.24, 2.45) is 0 Å². The second-order valence-electron chi connectivity index (χ2n) is 5.97. The predicted molar refractivity (Wildman–Crippen MR) is 89.5 cm³/mol. The highest BCUT2D eigenvalue weighted by atomic mass is 16.6. The number of ether oxygens (including phenoxy) is 4. The first-order chi connectivity index (χ1) is 11.4. The average Bonchev–Trinajstić information content (AvgIpc) is 2.58. The van der Waals surface area contributed by atoms with Gasteiger partial charge in [0.2, 0.25) is 0 Å². The summed E-state index contributed by atoms with van der Waals surface area (Å²) in [7, 11) is 0. The van der Waals surface area contributed by atoms with Crippen molar-refractivity contribution in [1.29, 1.82) is 0 Å². The van der Waals surface area contributed by atoms with Crippen LogP contribution >= 0.6 is 0 Å². The number of hydrogen-bond donors (Lipinski definition) is 0. The zero-order chi connectivity index (χ0) is 17.9. The molecule has 0 N–H and O–H groups in total. The second kappa shape index (κ2) is 11.0. The van der Waals surface area contributed by atoms with Gasteiger partial charge in [-0.1, -0.05) is 13.2 Å². The molecule has 6 nitrogen and oxygen atoms in total. The van der Waals surface area contributed by atoms with Crippen LogP contribution in [0.1, 0.15) is 39.5 Å². The summed E-state index contributed by atoms with van der Waals surface area (Å²) >= 11 is 0. The summed E-state index contributed by atoms with van der Waals surface area (Å²) in [6.45, 7) is 11.1. The minimum absolute atomic E-state index is 0.158. The van der Waals surface area contributed by atoms with E-state index in [1.165, 1.54) is 0 Å². The van der Waals surface area contributed by atoms with Crippen LogP contribution in [-0.2, 0) is 28.5 Å². The van der Waals surface area contributed by atoms with E-state index in [1.807, 2.05) is 0 Å². The van der Waals surface area contributed by atoms with E-state index in [2.05, 4.69) is 13.2 Å². The van der Waals surface area contributed by atoms with Gasteiger partial charge in [0.15, 0.2) is 0 Å².